The maximum atomic E-state index is 12.0. The first-order valence-corrected chi connectivity index (χ1v) is 12.1. The summed E-state index contributed by atoms with van der Waals surface area (Å²) in [4.78, 5) is 24.5. The number of fused-ring (bicyclic) bond motifs is 2. The van der Waals surface area contributed by atoms with Crippen LogP contribution in [0.2, 0.25) is 0 Å². The van der Waals surface area contributed by atoms with Gasteiger partial charge in [-0.1, -0.05) is 31.2 Å². The van der Waals surface area contributed by atoms with Crippen LogP contribution in [-0.4, -0.2) is 31.1 Å². The zero-order chi connectivity index (χ0) is 25.1. The van der Waals surface area contributed by atoms with Crippen LogP contribution in [0.1, 0.15) is 39.3 Å². The molecule has 4 heterocycles. The second kappa shape index (κ2) is 10.00. The third kappa shape index (κ3) is 4.43. The van der Waals surface area contributed by atoms with Crippen molar-refractivity contribution in [3.8, 4) is 22.5 Å². The van der Waals surface area contributed by atoms with Crippen molar-refractivity contribution < 1.29 is 4.79 Å². The van der Waals surface area contributed by atoms with E-state index < -0.39 is 0 Å². The van der Waals surface area contributed by atoms with Gasteiger partial charge in [-0.05, 0) is 61.7 Å². The van der Waals surface area contributed by atoms with Crippen LogP contribution < -0.4 is 5.32 Å². The number of pyridine rings is 2. The number of carbonyl (C=O) groups is 1. The topological polar surface area (TPSA) is 99.3 Å². The van der Waals surface area contributed by atoms with Gasteiger partial charge in [0.2, 0.25) is 5.91 Å². The van der Waals surface area contributed by atoms with Gasteiger partial charge in [0, 0.05) is 40.7 Å². The van der Waals surface area contributed by atoms with Crippen LogP contribution in [0.3, 0.4) is 0 Å². The summed E-state index contributed by atoms with van der Waals surface area (Å²) in [5.74, 6) is -0.00723. The number of nitrogens with one attached hydrogen (secondary N) is 3. The average Bonchev–Trinajstić information content (AvgIpc) is 3.51. The Kier molecular flexibility index (Phi) is 6.45. The molecule has 4 aromatic heterocycles. The van der Waals surface area contributed by atoms with E-state index in [1.165, 1.54) is 0 Å². The van der Waals surface area contributed by atoms with Gasteiger partial charge in [-0.2, -0.15) is 5.10 Å². The SMILES string of the molecule is C/C=C\C(=C/C)c1nccc2[nH]c(-c3n[nH]c4ccc(-c5cncc(NC(=O)CCC)c5)cc34)cc12. The maximum Gasteiger partial charge on any atom is 0.224 e. The first-order chi connectivity index (χ1) is 17.6. The Morgan fingerprint density at radius 1 is 1.03 bits per heavy atom. The Labute approximate surface area is 209 Å². The molecule has 5 aromatic rings. The number of aromatic amines is 2. The van der Waals surface area contributed by atoms with Crippen LogP contribution in [0.25, 0.3) is 49.9 Å². The first kappa shape index (κ1) is 23.2. The van der Waals surface area contributed by atoms with E-state index in [2.05, 4.69) is 54.8 Å². The van der Waals surface area contributed by atoms with Gasteiger partial charge < -0.3 is 10.3 Å². The van der Waals surface area contributed by atoms with Gasteiger partial charge in [-0.25, -0.2) is 0 Å². The number of anilines is 1. The van der Waals surface area contributed by atoms with Crippen molar-refractivity contribution in [1.29, 1.82) is 0 Å². The van der Waals surface area contributed by atoms with Crippen LogP contribution in [0.4, 0.5) is 5.69 Å². The third-order valence-corrected chi connectivity index (χ3v) is 6.13. The monoisotopic (exact) mass is 476 g/mol. The Bertz CT molecular complexity index is 1620. The Balaban J connectivity index is 1.56. The average molecular weight is 477 g/mol. The molecule has 3 N–H and O–H groups in total. The Morgan fingerprint density at radius 3 is 2.72 bits per heavy atom. The van der Waals surface area contributed by atoms with Crippen LogP contribution in [0.5, 0.6) is 0 Å². The number of H-pyrrole nitrogens is 2. The highest BCUT2D eigenvalue weighted by atomic mass is 16.1. The molecule has 0 bridgehead atoms. The van der Waals surface area contributed by atoms with E-state index in [0.29, 0.717) is 12.1 Å². The number of hydrogen-bond acceptors (Lipinski definition) is 4. The molecule has 0 saturated carbocycles. The molecule has 0 radical (unpaired) electrons. The molecule has 0 aliphatic rings. The maximum absolute atomic E-state index is 12.0. The van der Waals surface area contributed by atoms with Gasteiger partial charge >= 0.3 is 0 Å². The molecule has 0 fully saturated rings. The minimum absolute atomic E-state index is 0.00723. The number of allylic oxidation sites excluding steroid dienone is 4. The molecule has 1 amide bonds. The molecule has 36 heavy (non-hydrogen) atoms. The summed E-state index contributed by atoms with van der Waals surface area (Å²) in [6.45, 7) is 6.01. The summed E-state index contributed by atoms with van der Waals surface area (Å²) in [5.41, 5.74) is 8.30. The van der Waals surface area contributed by atoms with Crippen LogP contribution in [0, 0.1) is 0 Å². The zero-order valence-electron chi connectivity index (χ0n) is 20.6. The van der Waals surface area contributed by atoms with E-state index in [9.17, 15) is 4.79 Å². The molecule has 5 rings (SSSR count). The van der Waals surface area contributed by atoms with Crippen molar-refractivity contribution in [2.45, 2.75) is 33.6 Å². The standard InChI is InChI=1S/C29H28N6O/c1-4-7-18(6-3)28-23-15-26(33-24(23)11-12-31-28)29-22-14-19(9-10-25(22)34-35-29)20-13-21(17-30-16-20)32-27(36)8-5-2/h4,6-7,9-17,33H,5,8H2,1-3H3,(H,32,36)(H,34,35)/b7-4-,18-6+. The summed E-state index contributed by atoms with van der Waals surface area (Å²) in [7, 11) is 0. The molecule has 0 unspecified atom stereocenters. The lowest BCUT2D eigenvalue weighted by molar-refractivity contribution is -0.116. The normalized spacial score (nSPS) is 12.1. The summed E-state index contributed by atoms with van der Waals surface area (Å²) < 4.78 is 0. The van der Waals surface area contributed by atoms with Gasteiger partial charge in [0.15, 0.2) is 0 Å². The molecule has 0 saturated heterocycles. The second-order valence-corrected chi connectivity index (χ2v) is 8.64. The van der Waals surface area contributed by atoms with Gasteiger partial charge in [0.05, 0.1) is 28.8 Å². The van der Waals surface area contributed by atoms with Crippen LogP contribution in [-0.2, 0) is 4.79 Å². The van der Waals surface area contributed by atoms with E-state index in [1.807, 2.05) is 57.3 Å². The number of hydrogen-bond donors (Lipinski definition) is 3. The number of amides is 1. The Hall–Kier alpha value is -4.52. The van der Waals surface area contributed by atoms with E-state index in [4.69, 9.17) is 0 Å². The number of carbonyl (C=O) groups excluding carboxylic acids is 1. The summed E-state index contributed by atoms with van der Waals surface area (Å²) in [5, 5.41) is 12.7. The Morgan fingerprint density at radius 2 is 1.92 bits per heavy atom. The molecule has 7 nitrogen and oxygen atoms in total. The minimum Gasteiger partial charge on any atom is -0.353 e. The third-order valence-electron chi connectivity index (χ3n) is 6.13. The molecular formula is C29H28N6O. The van der Waals surface area contributed by atoms with Gasteiger partial charge in [0.25, 0.3) is 0 Å². The number of rotatable bonds is 7. The van der Waals surface area contributed by atoms with E-state index in [-0.39, 0.29) is 5.91 Å². The van der Waals surface area contributed by atoms with E-state index in [1.54, 1.807) is 12.4 Å². The van der Waals surface area contributed by atoms with Gasteiger partial charge in [-0.3, -0.25) is 19.9 Å². The minimum atomic E-state index is -0.00723. The van der Waals surface area contributed by atoms with Crippen LogP contribution >= 0.6 is 0 Å². The van der Waals surface area contributed by atoms with E-state index in [0.717, 1.165) is 62.0 Å². The first-order valence-electron chi connectivity index (χ1n) is 12.1. The summed E-state index contributed by atoms with van der Waals surface area (Å²) in [6.07, 6.45) is 12.7. The van der Waals surface area contributed by atoms with Crippen molar-refractivity contribution in [3.05, 3.63) is 78.9 Å². The molecule has 1 aromatic carbocycles. The fraction of sp³-hybridized carbons (Fsp3) is 0.172. The molecule has 0 spiro atoms. The van der Waals surface area contributed by atoms with Gasteiger partial charge in [0.1, 0.15) is 5.69 Å². The second-order valence-electron chi connectivity index (χ2n) is 8.64. The fourth-order valence-electron chi connectivity index (χ4n) is 4.42. The predicted molar refractivity (Wildman–Crippen MR) is 146 cm³/mol. The fourth-order valence-corrected chi connectivity index (χ4v) is 4.42. The van der Waals surface area contributed by atoms with E-state index >= 15 is 0 Å². The lowest BCUT2D eigenvalue weighted by Crippen LogP contribution is -2.10. The summed E-state index contributed by atoms with van der Waals surface area (Å²) in [6, 6.07) is 12.2. The molecule has 0 aliphatic heterocycles. The van der Waals surface area contributed by atoms with Crippen molar-refractivity contribution in [2.75, 3.05) is 5.32 Å². The highest BCUT2D eigenvalue weighted by molar-refractivity contribution is 6.00. The lowest BCUT2D eigenvalue weighted by atomic mass is 10.0. The molecule has 7 heteroatoms. The zero-order valence-corrected chi connectivity index (χ0v) is 20.6. The van der Waals surface area contributed by atoms with Gasteiger partial charge in [-0.15, -0.1) is 0 Å². The highest BCUT2D eigenvalue weighted by Gasteiger charge is 2.15. The number of benzene rings is 1. The number of nitrogens with zero attached hydrogens (tertiary/aromatic N) is 3. The number of aromatic nitrogens is 5. The molecule has 0 aliphatic carbocycles. The molecule has 180 valence electrons. The lowest BCUT2D eigenvalue weighted by Gasteiger charge is -2.07. The predicted octanol–water partition coefficient (Wildman–Crippen LogP) is 6.89. The van der Waals surface area contributed by atoms with Crippen molar-refractivity contribution in [3.63, 3.8) is 0 Å². The highest BCUT2D eigenvalue weighted by Crippen LogP contribution is 2.34. The van der Waals surface area contributed by atoms with Crippen LogP contribution in [0.15, 0.2) is 73.2 Å². The van der Waals surface area contributed by atoms with Crippen molar-refractivity contribution in [2.24, 2.45) is 0 Å². The molecule has 0 atom stereocenters. The quantitative estimate of drug-likeness (QED) is 0.223. The molecular weight excluding hydrogens is 448 g/mol. The summed E-state index contributed by atoms with van der Waals surface area (Å²) >= 11 is 0. The smallest absolute Gasteiger partial charge is 0.224 e. The van der Waals surface area contributed by atoms with Crippen molar-refractivity contribution >= 4 is 39.0 Å². The van der Waals surface area contributed by atoms with Crippen molar-refractivity contribution in [1.82, 2.24) is 25.1 Å². The largest absolute Gasteiger partial charge is 0.353 e.